The molecule has 4 heteroatoms. The van der Waals surface area contributed by atoms with Crippen LogP contribution in [0.25, 0.3) is 0 Å². The van der Waals surface area contributed by atoms with E-state index in [9.17, 15) is 0 Å². The van der Waals surface area contributed by atoms with Crippen LogP contribution in [0, 0.1) is 12.8 Å². The molecule has 0 aliphatic heterocycles. The summed E-state index contributed by atoms with van der Waals surface area (Å²) in [7, 11) is 3.96. The van der Waals surface area contributed by atoms with Crippen molar-refractivity contribution in [1.29, 1.82) is 0 Å². The summed E-state index contributed by atoms with van der Waals surface area (Å²) in [5.74, 6) is 0.901. The Labute approximate surface area is 115 Å². The number of nitrogens with one attached hydrogen (secondary N) is 1. The van der Waals surface area contributed by atoms with E-state index >= 15 is 0 Å². The highest BCUT2D eigenvalue weighted by molar-refractivity contribution is 6.30. The zero-order chi connectivity index (χ0) is 13.1. The molecule has 0 amide bonds. The van der Waals surface area contributed by atoms with Gasteiger partial charge in [0.1, 0.15) is 5.15 Å². The van der Waals surface area contributed by atoms with Crippen LogP contribution in [0.2, 0.25) is 5.15 Å². The molecule has 0 spiro atoms. The van der Waals surface area contributed by atoms with Crippen molar-refractivity contribution in [2.24, 2.45) is 13.0 Å². The SMILES string of the molecule is CNC(Cc1c(C)nn(C)c1Cl)CC1CCCC1. The van der Waals surface area contributed by atoms with E-state index in [4.69, 9.17) is 11.6 Å². The van der Waals surface area contributed by atoms with Crippen LogP contribution in [0.4, 0.5) is 0 Å². The minimum atomic E-state index is 0.522. The van der Waals surface area contributed by atoms with Crippen LogP contribution in [0.1, 0.15) is 43.4 Å². The Hall–Kier alpha value is -0.540. The second-order valence-corrected chi connectivity index (χ2v) is 5.91. The fraction of sp³-hybridized carbons (Fsp3) is 0.786. The van der Waals surface area contributed by atoms with Crippen LogP contribution in [0.15, 0.2) is 0 Å². The number of rotatable bonds is 5. The Bertz CT molecular complexity index is 394. The molecule has 0 aromatic carbocycles. The molecule has 0 saturated heterocycles. The van der Waals surface area contributed by atoms with Crippen molar-refractivity contribution in [3.63, 3.8) is 0 Å². The van der Waals surface area contributed by atoms with E-state index in [2.05, 4.69) is 17.5 Å². The molecule has 1 fully saturated rings. The maximum Gasteiger partial charge on any atom is 0.130 e. The number of likely N-dealkylation sites (N-methyl/N-ethyl adjacent to an activating group) is 1. The zero-order valence-corrected chi connectivity index (χ0v) is 12.4. The van der Waals surface area contributed by atoms with Gasteiger partial charge in [0.25, 0.3) is 0 Å². The first-order chi connectivity index (χ1) is 8.61. The first-order valence-corrected chi connectivity index (χ1v) is 7.34. The fourth-order valence-corrected chi connectivity index (χ4v) is 3.36. The molecule has 2 rings (SSSR count). The number of aromatic nitrogens is 2. The minimum absolute atomic E-state index is 0.522. The normalized spacial score (nSPS) is 18.4. The van der Waals surface area contributed by atoms with Gasteiger partial charge in [-0.15, -0.1) is 0 Å². The van der Waals surface area contributed by atoms with Crippen molar-refractivity contribution in [3.8, 4) is 0 Å². The summed E-state index contributed by atoms with van der Waals surface area (Å²) in [6.45, 7) is 2.05. The molecule has 1 saturated carbocycles. The highest BCUT2D eigenvalue weighted by Gasteiger charge is 2.22. The molecule has 1 atom stereocenters. The number of hydrogen-bond donors (Lipinski definition) is 1. The van der Waals surface area contributed by atoms with E-state index < -0.39 is 0 Å². The van der Waals surface area contributed by atoms with Gasteiger partial charge in [-0.05, 0) is 32.7 Å². The first kappa shape index (κ1) is 13.9. The summed E-state index contributed by atoms with van der Waals surface area (Å²) in [5.41, 5.74) is 2.27. The Morgan fingerprint density at radius 1 is 1.44 bits per heavy atom. The third-order valence-corrected chi connectivity index (χ3v) is 4.69. The first-order valence-electron chi connectivity index (χ1n) is 6.97. The van der Waals surface area contributed by atoms with Crippen molar-refractivity contribution in [1.82, 2.24) is 15.1 Å². The fourth-order valence-electron chi connectivity index (χ4n) is 3.10. The molecule has 1 aromatic heterocycles. The maximum absolute atomic E-state index is 6.30. The minimum Gasteiger partial charge on any atom is -0.317 e. The van der Waals surface area contributed by atoms with E-state index in [1.54, 1.807) is 4.68 Å². The number of halogens is 1. The molecule has 3 nitrogen and oxygen atoms in total. The van der Waals surface area contributed by atoms with Gasteiger partial charge in [0, 0.05) is 18.7 Å². The van der Waals surface area contributed by atoms with E-state index in [0.29, 0.717) is 6.04 Å². The van der Waals surface area contributed by atoms with Crippen LogP contribution in [0.3, 0.4) is 0 Å². The predicted molar refractivity (Wildman–Crippen MR) is 76.1 cm³/mol. The highest BCUT2D eigenvalue weighted by Crippen LogP contribution is 2.30. The number of hydrogen-bond acceptors (Lipinski definition) is 2. The Balaban J connectivity index is 2.00. The van der Waals surface area contributed by atoms with Gasteiger partial charge in [-0.3, -0.25) is 4.68 Å². The van der Waals surface area contributed by atoms with Crippen molar-refractivity contribution < 1.29 is 0 Å². The molecule has 1 heterocycles. The molecule has 102 valence electrons. The third-order valence-electron chi connectivity index (χ3n) is 4.22. The van der Waals surface area contributed by atoms with Crippen LogP contribution in [0.5, 0.6) is 0 Å². The van der Waals surface area contributed by atoms with Gasteiger partial charge >= 0.3 is 0 Å². The third kappa shape index (κ3) is 3.07. The van der Waals surface area contributed by atoms with Gasteiger partial charge in [0.05, 0.1) is 5.69 Å². The average molecular weight is 270 g/mol. The molecule has 18 heavy (non-hydrogen) atoms. The summed E-state index contributed by atoms with van der Waals surface area (Å²) in [6.07, 6.45) is 7.88. The van der Waals surface area contributed by atoms with Gasteiger partial charge in [-0.2, -0.15) is 5.10 Å². The summed E-state index contributed by atoms with van der Waals surface area (Å²) < 4.78 is 1.77. The number of nitrogens with zero attached hydrogens (tertiary/aromatic N) is 2. The lowest BCUT2D eigenvalue weighted by molar-refractivity contribution is 0.402. The molecule has 1 aliphatic rings. The van der Waals surface area contributed by atoms with Crippen molar-refractivity contribution in [2.45, 2.75) is 51.5 Å². The molecular weight excluding hydrogens is 246 g/mol. The predicted octanol–water partition coefficient (Wildman–Crippen LogP) is 3.09. The van der Waals surface area contributed by atoms with Crippen LogP contribution in [-0.2, 0) is 13.5 Å². The van der Waals surface area contributed by atoms with Crippen molar-refractivity contribution in [3.05, 3.63) is 16.4 Å². The molecule has 0 bridgehead atoms. The molecule has 1 aliphatic carbocycles. The van der Waals surface area contributed by atoms with E-state index in [-0.39, 0.29) is 0 Å². The second kappa shape index (κ2) is 6.07. The molecule has 0 radical (unpaired) electrons. The topological polar surface area (TPSA) is 29.9 Å². The van der Waals surface area contributed by atoms with Crippen molar-refractivity contribution in [2.75, 3.05) is 7.05 Å². The second-order valence-electron chi connectivity index (χ2n) is 5.55. The Kier molecular flexibility index (Phi) is 4.68. The molecular formula is C14H24ClN3. The van der Waals surface area contributed by atoms with Gasteiger partial charge < -0.3 is 5.32 Å². The van der Waals surface area contributed by atoms with Gasteiger partial charge in [-0.25, -0.2) is 0 Å². The summed E-state index contributed by atoms with van der Waals surface area (Å²) >= 11 is 6.30. The summed E-state index contributed by atoms with van der Waals surface area (Å²) in [4.78, 5) is 0. The Morgan fingerprint density at radius 2 is 2.11 bits per heavy atom. The quantitative estimate of drug-likeness (QED) is 0.890. The monoisotopic (exact) mass is 269 g/mol. The maximum atomic E-state index is 6.30. The van der Waals surface area contributed by atoms with Crippen LogP contribution in [-0.4, -0.2) is 22.9 Å². The van der Waals surface area contributed by atoms with Gasteiger partial charge in [-0.1, -0.05) is 37.3 Å². The highest BCUT2D eigenvalue weighted by atomic mass is 35.5. The lowest BCUT2D eigenvalue weighted by Crippen LogP contribution is -2.29. The molecule has 1 aromatic rings. The zero-order valence-electron chi connectivity index (χ0n) is 11.7. The largest absolute Gasteiger partial charge is 0.317 e. The van der Waals surface area contributed by atoms with Gasteiger partial charge in [0.15, 0.2) is 0 Å². The Morgan fingerprint density at radius 3 is 2.61 bits per heavy atom. The number of aryl methyl sites for hydroxylation is 2. The van der Waals surface area contributed by atoms with E-state index in [1.165, 1.54) is 37.7 Å². The molecule has 1 unspecified atom stereocenters. The van der Waals surface area contributed by atoms with Crippen LogP contribution < -0.4 is 5.32 Å². The van der Waals surface area contributed by atoms with Gasteiger partial charge in [0.2, 0.25) is 0 Å². The van der Waals surface area contributed by atoms with Crippen molar-refractivity contribution >= 4 is 11.6 Å². The summed E-state index contributed by atoms with van der Waals surface area (Å²) in [6, 6.07) is 0.522. The van der Waals surface area contributed by atoms with E-state index in [0.717, 1.165) is 23.2 Å². The summed E-state index contributed by atoms with van der Waals surface area (Å²) in [5, 5.41) is 8.62. The lowest BCUT2D eigenvalue weighted by atomic mass is 9.94. The smallest absolute Gasteiger partial charge is 0.130 e. The van der Waals surface area contributed by atoms with Crippen LogP contribution >= 0.6 is 11.6 Å². The molecule has 1 N–H and O–H groups in total. The van der Waals surface area contributed by atoms with E-state index in [1.807, 2.05) is 14.0 Å². The lowest BCUT2D eigenvalue weighted by Gasteiger charge is -2.20. The average Bonchev–Trinajstić information content (AvgIpc) is 2.92. The standard InChI is InChI=1S/C14H24ClN3/c1-10-13(14(15)18(3)17-10)9-12(16-2)8-11-6-4-5-7-11/h11-12,16H,4-9H2,1-3H3.